The molecule has 2 aliphatic rings. The molecule has 2 rings (SSSR count). The van der Waals surface area contributed by atoms with Gasteiger partial charge in [0.2, 0.25) is 0 Å². The fourth-order valence-corrected chi connectivity index (χ4v) is 10.5. The molecule has 0 saturated carbocycles. The Morgan fingerprint density at radius 2 is 1.35 bits per heavy atom. The van der Waals surface area contributed by atoms with Crippen LogP contribution in [0.25, 0.3) is 0 Å². The summed E-state index contributed by atoms with van der Waals surface area (Å²) in [6.07, 6.45) is 7.38. The van der Waals surface area contributed by atoms with Crippen LogP contribution >= 0.6 is 7.92 Å². The first-order chi connectivity index (χ1) is 10.9. The highest BCUT2D eigenvalue weighted by atomic mass is 31.1. The molecule has 0 radical (unpaired) electrons. The van der Waals surface area contributed by atoms with E-state index >= 15 is 0 Å². The molecule has 4 unspecified atom stereocenters. The zero-order valence-corrected chi connectivity index (χ0v) is 17.5. The molecule has 3 heteroatoms. The van der Waals surface area contributed by atoms with E-state index in [9.17, 15) is 0 Å². The molecule has 2 fully saturated rings. The second kappa shape index (κ2) is 7.30. The van der Waals surface area contributed by atoms with Gasteiger partial charge in [0.1, 0.15) is 0 Å². The molecule has 0 aliphatic carbocycles. The summed E-state index contributed by atoms with van der Waals surface area (Å²) >= 11 is 0. The summed E-state index contributed by atoms with van der Waals surface area (Å²) < 4.78 is 13.1. The Bertz CT molecular complexity index is 368. The first kappa shape index (κ1) is 19.7. The quantitative estimate of drug-likeness (QED) is 0.568. The van der Waals surface area contributed by atoms with Crippen molar-refractivity contribution in [2.75, 3.05) is 19.9 Å². The predicted molar refractivity (Wildman–Crippen MR) is 102 cm³/mol. The monoisotopic (exact) mass is 342 g/mol. The second-order valence-corrected chi connectivity index (χ2v) is 10.7. The Morgan fingerprint density at radius 1 is 0.870 bits per heavy atom. The van der Waals surface area contributed by atoms with Gasteiger partial charge in [-0.05, 0) is 49.1 Å². The molecule has 2 aliphatic heterocycles. The predicted octanol–water partition coefficient (Wildman–Crippen LogP) is 6.02. The lowest BCUT2D eigenvalue weighted by Crippen LogP contribution is -2.68. The third-order valence-electron chi connectivity index (χ3n) is 7.62. The third-order valence-corrected chi connectivity index (χ3v) is 12.2. The third kappa shape index (κ3) is 2.63. The molecule has 1 spiro atoms. The average Bonchev–Trinajstić information content (AvgIpc) is 2.60. The van der Waals surface area contributed by atoms with Crippen molar-refractivity contribution in [3.8, 4) is 0 Å². The van der Waals surface area contributed by atoms with Gasteiger partial charge in [-0.1, -0.05) is 55.9 Å². The van der Waals surface area contributed by atoms with Crippen molar-refractivity contribution >= 4 is 7.92 Å². The van der Waals surface area contributed by atoms with Gasteiger partial charge in [0.25, 0.3) is 0 Å². The van der Waals surface area contributed by atoms with Gasteiger partial charge in [0.05, 0.1) is 13.2 Å². The van der Waals surface area contributed by atoms with Gasteiger partial charge < -0.3 is 9.47 Å². The summed E-state index contributed by atoms with van der Waals surface area (Å²) in [4.78, 5) is 0. The van der Waals surface area contributed by atoms with Gasteiger partial charge in [0.15, 0.2) is 5.79 Å². The standard InChI is InChI=1S/C20H39O2P/c1-8-13-19(11-4)17(6)20(21-14-12-15-22-20)16(5)18(9-2,10-3)23(19)7/h16-17H,8-15H2,1-7H3. The van der Waals surface area contributed by atoms with Gasteiger partial charge in [-0.15, -0.1) is 0 Å². The van der Waals surface area contributed by atoms with Crippen molar-refractivity contribution in [1.82, 2.24) is 0 Å². The van der Waals surface area contributed by atoms with Crippen molar-refractivity contribution in [2.45, 2.75) is 96.2 Å². The van der Waals surface area contributed by atoms with E-state index in [-0.39, 0.29) is 13.7 Å². The Labute approximate surface area is 145 Å². The van der Waals surface area contributed by atoms with E-state index in [4.69, 9.17) is 9.47 Å². The van der Waals surface area contributed by atoms with Crippen LogP contribution in [0.4, 0.5) is 0 Å². The lowest BCUT2D eigenvalue weighted by Gasteiger charge is -2.67. The lowest BCUT2D eigenvalue weighted by molar-refractivity contribution is -0.329. The largest absolute Gasteiger partial charge is 0.349 e. The first-order valence-electron chi connectivity index (χ1n) is 9.93. The van der Waals surface area contributed by atoms with Crippen molar-refractivity contribution < 1.29 is 9.47 Å². The van der Waals surface area contributed by atoms with E-state index in [1.807, 2.05) is 0 Å². The van der Waals surface area contributed by atoms with Gasteiger partial charge >= 0.3 is 0 Å². The first-order valence-corrected chi connectivity index (χ1v) is 11.7. The molecule has 0 aromatic rings. The second-order valence-electron chi connectivity index (χ2n) is 7.79. The van der Waals surface area contributed by atoms with E-state index in [2.05, 4.69) is 48.2 Å². The van der Waals surface area contributed by atoms with Gasteiger partial charge in [-0.3, -0.25) is 0 Å². The topological polar surface area (TPSA) is 18.5 Å². The zero-order valence-electron chi connectivity index (χ0n) is 16.6. The normalized spacial score (nSPS) is 39.5. The molecular formula is C20H39O2P. The van der Waals surface area contributed by atoms with Crippen LogP contribution < -0.4 is 0 Å². The molecule has 2 heterocycles. The highest BCUT2D eigenvalue weighted by Crippen LogP contribution is 2.75. The Balaban J connectivity index is 2.60. The molecule has 0 aromatic heterocycles. The minimum atomic E-state index is -0.357. The Kier molecular flexibility index (Phi) is 6.25. The van der Waals surface area contributed by atoms with Crippen LogP contribution in [0.5, 0.6) is 0 Å². The van der Waals surface area contributed by atoms with E-state index in [0.29, 0.717) is 22.1 Å². The Morgan fingerprint density at radius 3 is 1.78 bits per heavy atom. The minimum absolute atomic E-state index is 0.0827. The van der Waals surface area contributed by atoms with Crippen LogP contribution in [0.15, 0.2) is 0 Å². The molecule has 0 amide bonds. The highest BCUT2D eigenvalue weighted by molar-refractivity contribution is 7.60. The zero-order chi connectivity index (χ0) is 17.3. The molecular weight excluding hydrogens is 303 g/mol. The fourth-order valence-electron chi connectivity index (χ4n) is 6.09. The summed E-state index contributed by atoms with van der Waals surface area (Å²) in [5, 5.41) is 0.768. The molecule has 0 aromatic carbocycles. The van der Waals surface area contributed by atoms with Crippen molar-refractivity contribution in [3.05, 3.63) is 0 Å². The molecule has 2 nitrogen and oxygen atoms in total. The van der Waals surface area contributed by atoms with Crippen molar-refractivity contribution in [3.63, 3.8) is 0 Å². The SMILES string of the molecule is CCCC1(CC)C(C)C2(OCCCO2)C(C)C(CC)(CC)P1C. The van der Waals surface area contributed by atoms with E-state index in [1.54, 1.807) is 0 Å². The maximum absolute atomic E-state index is 6.53. The molecule has 0 bridgehead atoms. The van der Waals surface area contributed by atoms with Gasteiger partial charge in [-0.2, -0.15) is 0 Å². The molecule has 0 N–H and O–H groups in total. The van der Waals surface area contributed by atoms with Crippen LogP contribution in [0, 0.1) is 11.8 Å². The number of hydrogen-bond donors (Lipinski definition) is 0. The van der Waals surface area contributed by atoms with E-state index in [0.717, 1.165) is 19.6 Å². The van der Waals surface area contributed by atoms with Crippen LogP contribution in [0.2, 0.25) is 0 Å². The van der Waals surface area contributed by atoms with Crippen molar-refractivity contribution in [1.29, 1.82) is 0 Å². The summed E-state index contributed by atoms with van der Waals surface area (Å²) in [5.74, 6) is 0.607. The van der Waals surface area contributed by atoms with E-state index in [1.165, 1.54) is 32.1 Å². The molecule has 23 heavy (non-hydrogen) atoms. The maximum Gasteiger partial charge on any atom is 0.175 e. The van der Waals surface area contributed by atoms with Crippen LogP contribution in [-0.4, -0.2) is 36.0 Å². The van der Waals surface area contributed by atoms with Gasteiger partial charge in [-0.25, -0.2) is 0 Å². The number of ether oxygens (including phenoxy) is 2. The summed E-state index contributed by atoms with van der Waals surface area (Å²) in [7, 11) is -0.0827. The van der Waals surface area contributed by atoms with Crippen molar-refractivity contribution in [2.24, 2.45) is 11.8 Å². The van der Waals surface area contributed by atoms with Crippen LogP contribution in [0.1, 0.15) is 80.1 Å². The minimum Gasteiger partial charge on any atom is -0.349 e. The summed E-state index contributed by atoms with van der Waals surface area (Å²) in [5.41, 5.74) is 0. The van der Waals surface area contributed by atoms with Crippen LogP contribution in [0.3, 0.4) is 0 Å². The molecule has 2 saturated heterocycles. The smallest absolute Gasteiger partial charge is 0.175 e. The molecule has 136 valence electrons. The van der Waals surface area contributed by atoms with E-state index < -0.39 is 0 Å². The maximum atomic E-state index is 6.53. The van der Waals surface area contributed by atoms with Crippen LogP contribution in [-0.2, 0) is 9.47 Å². The summed E-state index contributed by atoms with van der Waals surface area (Å²) in [6, 6.07) is 0. The number of hydrogen-bond acceptors (Lipinski definition) is 2. The highest BCUT2D eigenvalue weighted by Gasteiger charge is 2.66. The fraction of sp³-hybridized carbons (Fsp3) is 1.00. The lowest BCUT2D eigenvalue weighted by atomic mass is 9.69. The molecule has 4 atom stereocenters. The number of rotatable bonds is 5. The average molecular weight is 343 g/mol. The summed E-state index contributed by atoms with van der Waals surface area (Å²) in [6.45, 7) is 18.8. The Hall–Kier alpha value is 0.350. The van der Waals surface area contributed by atoms with Gasteiger partial charge in [0, 0.05) is 11.8 Å².